The molecule has 0 aliphatic heterocycles. The summed E-state index contributed by atoms with van der Waals surface area (Å²) in [6.07, 6.45) is 0. The lowest BCUT2D eigenvalue weighted by atomic mass is 10.1. The fourth-order valence-corrected chi connectivity index (χ4v) is 2.97. The minimum absolute atomic E-state index is 0.00903. The number of para-hydroxylation sites is 1. The quantitative estimate of drug-likeness (QED) is 0.726. The second-order valence-corrected chi connectivity index (χ2v) is 7.48. The van der Waals surface area contributed by atoms with Gasteiger partial charge in [-0.05, 0) is 45.4 Å². The lowest BCUT2D eigenvalue weighted by molar-refractivity contribution is -0.142. The zero-order chi connectivity index (χ0) is 20.7. The smallest absolute Gasteiger partial charge is 0.261 e. The molecule has 6 heteroatoms. The molecule has 0 radical (unpaired) electrons. The van der Waals surface area contributed by atoms with Crippen LogP contribution in [0.5, 0.6) is 5.75 Å². The molecule has 0 spiro atoms. The van der Waals surface area contributed by atoms with Crippen molar-refractivity contribution in [2.45, 2.75) is 46.3 Å². The van der Waals surface area contributed by atoms with Crippen molar-refractivity contribution in [1.29, 1.82) is 0 Å². The Morgan fingerprint density at radius 1 is 1.11 bits per heavy atom. The average Bonchev–Trinajstić information content (AvgIpc) is 2.64. The number of halogens is 1. The Labute approximate surface area is 171 Å². The van der Waals surface area contributed by atoms with E-state index < -0.39 is 6.04 Å². The van der Waals surface area contributed by atoms with Gasteiger partial charge in [0.1, 0.15) is 11.8 Å². The number of hydrogen-bond donors (Lipinski definition) is 1. The van der Waals surface area contributed by atoms with Gasteiger partial charge in [-0.1, -0.05) is 53.6 Å². The lowest BCUT2D eigenvalue weighted by Gasteiger charge is -2.29. The number of carbonyl (C=O) groups is 2. The van der Waals surface area contributed by atoms with Gasteiger partial charge in [0.25, 0.3) is 5.91 Å². The number of benzene rings is 2. The number of nitrogens with one attached hydrogen (secondary N) is 1. The summed E-state index contributed by atoms with van der Waals surface area (Å²) in [7, 11) is 0. The van der Waals surface area contributed by atoms with Crippen molar-refractivity contribution in [2.75, 3.05) is 6.61 Å². The van der Waals surface area contributed by atoms with E-state index in [1.165, 1.54) is 4.90 Å². The third-order valence-corrected chi connectivity index (χ3v) is 4.53. The summed E-state index contributed by atoms with van der Waals surface area (Å²) < 4.78 is 5.60. The minimum atomic E-state index is -0.634. The summed E-state index contributed by atoms with van der Waals surface area (Å²) >= 11 is 6.09. The van der Waals surface area contributed by atoms with E-state index in [4.69, 9.17) is 16.3 Å². The molecule has 2 rings (SSSR count). The summed E-state index contributed by atoms with van der Waals surface area (Å²) in [6.45, 7) is 7.61. The Bertz CT molecular complexity index is 823. The molecule has 28 heavy (non-hydrogen) atoms. The van der Waals surface area contributed by atoms with Crippen LogP contribution in [0.15, 0.2) is 48.5 Å². The first-order chi connectivity index (χ1) is 13.3. The van der Waals surface area contributed by atoms with Gasteiger partial charge in [-0.2, -0.15) is 0 Å². The average molecular weight is 403 g/mol. The number of nitrogens with zero attached hydrogens (tertiary/aromatic N) is 1. The Hall–Kier alpha value is -2.53. The molecule has 2 amide bonds. The van der Waals surface area contributed by atoms with E-state index in [-0.39, 0.29) is 24.5 Å². The first-order valence-corrected chi connectivity index (χ1v) is 9.68. The Balaban J connectivity index is 2.17. The summed E-state index contributed by atoms with van der Waals surface area (Å²) in [6, 6.07) is 14.2. The van der Waals surface area contributed by atoms with Gasteiger partial charge in [0.15, 0.2) is 6.61 Å². The van der Waals surface area contributed by atoms with E-state index in [0.29, 0.717) is 17.3 Å². The molecule has 0 saturated heterocycles. The molecule has 2 aromatic rings. The van der Waals surface area contributed by atoms with Crippen molar-refractivity contribution < 1.29 is 14.3 Å². The van der Waals surface area contributed by atoms with Crippen molar-refractivity contribution in [3.05, 3.63) is 64.7 Å². The van der Waals surface area contributed by atoms with Crippen molar-refractivity contribution >= 4 is 23.4 Å². The van der Waals surface area contributed by atoms with Crippen LogP contribution in [-0.2, 0) is 16.1 Å². The normalized spacial score (nSPS) is 11.8. The predicted molar refractivity (Wildman–Crippen MR) is 111 cm³/mol. The Morgan fingerprint density at radius 2 is 1.82 bits per heavy atom. The first kappa shape index (κ1) is 21.8. The summed E-state index contributed by atoms with van der Waals surface area (Å²) in [5, 5.41) is 3.30. The molecule has 0 aliphatic carbocycles. The zero-order valence-corrected chi connectivity index (χ0v) is 17.5. The summed E-state index contributed by atoms with van der Waals surface area (Å²) in [5.74, 6) is -0.0473. The minimum Gasteiger partial charge on any atom is -0.482 e. The van der Waals surface area contributed by atoms with Gasteiger partial charge in [0.2, 0.25) is 5.91 Å². The molecule has 1 unspecified atom stereocenters. The summed E-state index contributed by atoms with van der Waals surface area (Å²) in [4.78, 5) is 27.0. The molecule has 0 heterocycles. The first-order valence-electron chi connectivity index (χ1n) is 9.30. The zero-order valence-electron chi connectivity index (χ0n) is 16.7. The number of carbonyl (C=O) groups excluding carboxylic acids is 2. The van der Waals surface area contributed by atoms with Gasteiger partial charge < -0.3 is 15.0 Å². The molecular formula is C22H27ClN2O3. The molecule has 0 fully saturated rings. The van der Waals surface area contributed by atoms with Crippen LogP contribution in [0, 0.1) is 6.92 Å². The van der Waals surface area contributed by atoms with Crippen LogP contribution in [0.2, 0.25) is 5.02 Å². The molecule has 2 aromatic carbocycles. The summed E-state index contributed by atoms with van der Waals surface area (Å²) in [5.41, 5.74) is 2.05. The van der Waals surface area contributed by atoms with Gasteiger partial charge in [0.05, 0.1) is 5.02 Å². The van der Waals surface area contributed by atoms with E-state index in [9.17, 15) is 9.59 Å². The maximum Gasteiger partial charge on any atom is 0.261 e. The van der Waals surface area contributed by atoms with Crippen LogP contribution < -0.4 is 10.1 Å². The van der Waals surface area contributed by atoms with Crippen LogP contribution in [0.25, 0.3) is 0 Å². The van der Waals surface area contributed by atoms with Gasteiger partial charge in [0, 0.05) is 12.6 Å². The molecule has 5 nitrogen and oxygen atoms in total. The standard InChI is InChI=1S/C22H27ClN2O3/c1-15(2)24-22(27)17(4)25(13-18-9-7-8-16(3)12-18)21(26)14-28-20-11-6-5-10-19(20)23/h5-12,15,17H,13-14H2,1-4H3,(H,24,27). The fourth-order valence-electron chi connectivity index (χ4n) is 2.78. The number of hydrogen-bond acceptors (Lipinski definition) is 3. The molecule has 0 bridgehead atoms. The van der Waals surface area contributed by atoms with Gasteiger partial charge in [-0.3, -0.25) is 9.59 Å². The third kappa shape index (κ3) is 6.27. The fraction of sp³-hybridized carbons (Fsp3) is 0.364. The van der Waals surface area contributed by atoms with E-state index in [0.717, 1.165) is 11.1 Å². The van der Waals surface area contributed by atoms with Gasteiger partial charge in [-0.15, -0.1) is 0 Å². The highest BCUT2D eigenvalue weighted by atomic mass is 35.5. The Kier molecular flexibility index (Phi) is 7.88. The predicted octanol–water partition coefficient (Wildman–Crippen LogP) is 3.97. The van der Waals surface area contributed by atoms with E-state index in [1.807, 2.05) is 45.0 Å². The van der Waals surface area contributed by atoms with Crippen LogP contribution in [-0.4, -0.2) is 35.4 Å². The topological polar surface area (TPSA) is 58.6 Å². The molecule has 150 valence electrons. The molecule has 1 atom stereocenters. The molecule has 1 N–H and O–H groups in total. The Morgan fingerprint density at radius 3 is 2.46 bits per heavy atom. The third-order valence-electron chi connectivity index (χ3n) is 4.22. The van der Waals surface area contributed by atoms with Crippen LogP contribution in [0.3, 0.4) is 0 Å². The highest BCUT2D eigenvalue weighted by molar-refractivity contribution is 6.32. The second-order valence-electron chi connectivity index (χ2n) is 7.07. The maximum absolute atomic E-state index is 12.9. The van der Waals surface area contributed by atoms with Gasteiger partial charge in [-0.25, -0.2) is 0 Å². The van der Waals surface area contributed by atoms with Crippen LogP contribution >= 0.6 is 11.6 Å². The number of ether oxygens (including phenoxy) is 1. The van der Waals surface area contributed by atoms with E-state index in [1.54, 1.807) is 31.2 Å². The second kappa shape index (κ2) is 10.1. The lowest BCUT2D eigenvalue weighted by Crippen LogP contribution is -2.50. The van der Waals surface area contributed by atoms with Crippen LogP contribution in [0.1, 0.15) is 31.9 Å². The molecular weight excluding hydrogens is 376 g/mol. The highest BCUT2D eigenvalue weighted by Gasteiger charge is 2.27. The highest BCUT2D eigenvalue weighted by Crippen LogP contribution is 2.23. The van der Waals surface area contributed by atoms with Crippen molar-refractivity contribution in [3.8, 4) is 5.75 Å². The van der Waals surface area contributed by atoms with Crippen LogP contribution in [0.4, 0.5) is 0 Å². The molecule has 0 aliphatic rings. The molecule has 0 saturated carbocycles. The van der Waals surface area contributed by atoms with E-state index in [2.05, 4.69) is 5.32 Å². The number of aryl methyl sites for hydroxylation is 1. The van der Waals surface area contributed by atoms with Crippen molar-refractivity contribution in [2.24, 2.45) is 0 Å². The number of amides is 2. The molecule has 0 aromatic heterocycles. The van der Waals surface area contributed by atoms with E-state index >= 15 is 0 Å². The largest absolute Gasteiger partial charge is 0.482 e. The maximum atomic E-state index is 12.9. The van der Waals surface area contributed by atoms with Crippen molar-refractivity contribution in [3.63, 3.8) is 0 Å². The SMILES string of the molecule is Cc1cccc(CN(C(=O)COc2ccccc2Cl)C(C)C(=O)NC(C)C)c1. The monoisotopic (exact) mass is 402 g/mol. The van der Waals surface area contributed by atoms with Gasteiger partial charge >= 0.3 is 0 Å². The number of rotatable bonds is 8. The van der Waals surface area contributed by atoms with Crippen molar-refractivity contribution in [1.82, 2.24) is 10.2 Å².